The molecule has 0 amide bonds. The number of rotatable bonds is 5. The van der Waals surface area contributed by atoms with Gasteiger partial charge in [0.15, 0.2) is 0 Å². The number of likely N-dealkylation sites (tertiary alicyclic amines) is 1. The van der Waals surface area contributed by atoms with Crippen LogP contribution in [0, 0.1) is 5.92 Å². The van der Waals surface area contributed by atoms with Crippen LogP contribution in [-0.4, -0.2) is 37.2 Å². The van der Waals surface area contributed by atoms with Crippen LogP contribution in [0.5, 0.6) is 5.75 Å². The Balaban J connectivity index is 1.88. The van der Waals surface area contributed by atoms with Crippen LogP contribution in [0.3, 0.4) is 0 Å². The van der Waals surface area contributed by atoms with Crippen LogP contribution in [0.2, 0.25) is 0 Å². The molecule has 1 aromatic carbocycles. The predicted octanol–water partition coefficient (Wildman–Crippen LogP) is 2.75. The first kappa shape index (κ1) is 16.1. The summed E-state index contributed by atoms with van der Waals surface area (Å²) in [5.41, 5.74) is 5.39. The summed E-state index contributed by atoms with van der Waals surface area (Å²) in [5, 5.41) is 0. The molecule has 3 nitrogen and oxygen atoms in total. The van der Waals surface area contributed by atoms with Gasteiger partial charge in [-0.05, 0) is 43.6 Å². The molecule has 21 heavy (non-hydrogen) atoms. The van der Waals surface area contributed by atoms with E-state index < -0.39 is 11.7 Å². The Bertz CT molecular complexity index is 464. The van der Waals surface area contributed by atoms with E-state index in [0.29, 0.717) is 5.92 Å². The lowest BCUT2D eigenvalue weighted by Crippen LogP contribution is -2.37. The van der Waals surface area contributed by atoms with E-state index in [4.69, 9.17) is 10.5 Å². The first-order valence-electron chi connectivity index (χ1n) is 7.18. The average molecular weight is 302 g/mol. The summed E-state index contributed by atoms with van der Waals surface area (Å²) in [6.45, 7) is 5.30. The lowest BCUT2D eigenvalue weighted by molar-refractivity contribution is -0.137. The standard InChI is InChI=1S/C15H21F3N2O/c1-2-20-7-6-11(9-20)14(19)10-21-13-5-3-4-12(8-13)15(16,17)18/h3-5,8,11,14H,2,6-7,9-10,19H2,1H3. The van der Waals surface area contributed by atoms with Crippen molar-refractivity contribution in [2.75, 3.05) is 26.2 Å². The summed E-state index contributed by atoms with van der Waals surface area (Å²) >= 11 is 0. The van der Waals surface area contributed by atoms with Gasteiger partial charge in [-0.25, -0.2) is 0 Å². The molecule has 1 aliphatic rings. The van der Waals surface area contributed by atoms with Gasteiger partial charge in [0.1, 0.15) is 12.4 Å². The largest absolute Gasteiger partial charge is 0.492 e. The van der Waals surface area contributed by atoms with Crippen molar-refractivity contribution < 1.29 is 17.9 Å². The topological polar surface area (TPSA) is 38.5 Å². The van der Waals surface area contributed by atoms with E-state index in [1.807, 2.05) is 0 Å². The zero-order valence-corrected chi connectivity index (χ0v) is 12.1. The van der Waals surface area contributed by atoms with Gasteiger partial charge in [-0.3, -0.25) is 0 Å². The molecule has 0 radical (unpaired) electrons. The third-order valence-electron chi connectivity index (χ3n) is 3.97. The van der Waals surface area contributed by atoms with E-state index in [9.17, 15) is 13.2 Å². The molecule has 6 heteroatoms. The van der Waals surface area contributed by atoms with Crippen LogP contribution in [0.25, 0.3) is 0 Å². The number of hydrogen-bond donors (Lipinski definition) is 1. The van der Waals surface area contributed by atoms with Gasteiger partial charge in [-0.2, -0.15) is 13.2 Å². The van der Waals surface area contributed by atoms with Crippen molar-refractivity contribution in [1.82, 2.24) is 4.90 Å². The number of hydrogen-bond acceptors (Lipinski definition) is 3. The molecule has 2 N–H and O–H groups in total. The van der Waals surface area contributed by atoms with Gasteiger partial charge in [0, 0.05) is 12.6 Å². The Kier molecular flexibility index (Phi) is 5.11. The number of halogens is 3. The third-order valence-corrected chi connectivity index (χ3v) is 3.97. The summed E-state index contributed by atoms with van der Waals surface area (Å²) < 4.78 is 43.3. The molecule has 2 rings (SSSR count). The van der Waals surface area contributed by atoms with Gasteiger partial charge in [0.05, 0.1) is 5.56 Å². The van der Waals surface area contributed by atoms with Crippen LogP contribution in [0.1, 0.15) is 18.9 Å². The quantitative estimate of drug-likeness (QED) is 0.909. The Morgan fingerprint density at radius 2 is 2.19 bits per heavy atom. The molecule has 1 aromatic rings. The predicted molar refractivity (Wildman–Crippen MR) is 75.1 cm³/mol. The Morgan fingerprint density at radius 1 is 1.43 bits per heavy atom. The number of nitrogens with zero attached hydrogens (tertiary/aromatic N) is 1. The second-order valence-corrected chi connectivity index (χ2v) is 5.44. The highest BCUT2D eigenvalue weighted by atomic mass is 19.4. The molecule has 118 valence electrons. The fraction of sp³-hybridized carbons (Fsp3) is 0.600. The summed E-state index contributed by atoms with van der Waals surface area (Å²) in [6.07, 6.45) is -3.34. The molecule has 1 saturated heterocycles. The average Bonchev–Trinajstić information content (AvgIpc) is 2.93. The molecular weight excluding hydrogens is 281 g/mol. The Morgan fingerprint density at radius 3 is 2.81 bits per heavy atom. The molecular formula is C15H21F3N2O. The smallest absolute Gasteiger partial charge is 0.416 e. The molecule has 2 unspecified atom stereocenters. The lowest BCUT2D eigenvalue weighted by atomic mass is 10.0. The van der Waals surface area contributed by atoms with E-state index in [1.54, 1.807) is 0 Å². The molecule has 0 saturated carbocycles. The number of alkyl halides is 3. The monoisotopic (exact) mass is 302 g/mol. The van der Waals surface area contributed by atoms with Crippen molar-refractivity contribution >= 4 is 0 Å². The highest BCUT2D eigenvalue weighted by Crippen LogP contribution is 2.31. The van der Waals surface area contributed by atoms with Crippen molar-refractivity contribution in [2.45, 2.75) is 25.6 Å². The van der Waals surface area contributed by atoms with E-state index in [1.165, 1.54) is 12.1 Å². The lowest BCUT2D eigenvalue weighted by Gasteiger charge is -2.20. The minimum Gasteiger partial charge on any atom is -0.492 e. The second kappa shape index (κ2) is 6.66. The molecule has 1 heterocycles. The van der Waals surface area contributed by atoms with Crippen molar-refractivity contribution in [3.63, 3.8) is 0 Å². The molecule has 0 aromatic heterocycles. The molecule has 0 spiro atoms. The third kappa shape index (κ3) is 4.35. The minimum atomic E-state index is -4.35. The summed E-state index contributed by atoms with van der Waals surface area (Å²) in [5.74, 6) is 0.557. The summed E-state index contributed by atoms with van der Waals surface area (Å²) in [4.78, 5) is 2.31. The zero-order valence-electron chi connectivity index (χ0n) is 12.1. The number of ether oxygens (including phenoxy) is 1. The van der Waals surface area contributed by atoms with Crippen molar-refractivity contribution in [2.24, 2.45) is 11.7 Å². The van der Waals surface area contributed by atoms with E-state index in [-0.39, 0.29) is 18.4 Å². The first-order chi connectivity index (χ1) is 9.90. The number of benzene rings is 1. The molecule has 0 bridgehead atoms. The van der Waals surface area contributed by atoms with Crippen molar-refractivity contribution in [3.05, 3.63) is 29.8 Å². The maximum atomic E-state index is 12.6. The zero-order chi connectivity index (χ0) is 15.5. The van der Waals surface area contributed by atoms with Crippen LogP contribution in [0.15, 0.2) is 24.3 Å². The number of nitrogens with two attached hydrogens (primary N) is 1. The van der Waals surface area contributed by atoms with Gasteiger partial charge >= 0.3 is 6.18 Å². The highest BCUT2D eigenvalue weighted by molar-refractivity contribution is 5.30. The highest BCUT2D eigenvalue weighted by Gasteiger charge is 2.31. The van der Waals surface area contributed by atoms with Crippen LogP contribution >= 0.6 is 0 Å². The van der Waals surface area contributed by atoms with E-state index in [0.717, 1.165) is 38.2 Å². The first-order valence-corrected chi connectivity index (χ1v) is 7.18. The molecule has 1 aliphatic heterocycles. The van der Waals surface area contributed by atoms with E-state index in [2.05, 4.69) is 11.8 Å². The van der Waals surface area contributed by atoms with Crippen LogP contribution in [0.4, 0.5) is 13.2 Å². The summed E-state index contributed by atoms with van der Waals surface area (Å²) in [7, 11) is 0. The summed E-state index contributed by atoms with van der Waals surface area (Å²) in [6, 6.07) is 4.76. The van der Waals surface area contributed by atoms with Crippen LogP contribution < -0.4 is 10.5 Å². The second-order valence-electron chi connectivity index (χ2n) is 5.44. The Hall–Kier alpha value is -1.27. The van der Waals surface area contributed by atoms with Crippen molar-refractivity contribution in [3.8, 4) is 5.75 Å². The molecule has 2 atom stereocenters. The normalized spacial score (nSPS) is 21.5. The van der Waals surface area contributed by atoms with Gasteiger partial charge in [-0.15, -0.1) is 0 Å². The van der Waals surface area contributed by atoms with Gasteiger partial charge in [0.25, 0.3) is 0 Å². The van der Waals surface area contributed by atoms with Gasteiger partial charge in [0.2, 0.25) is 0 Å². The fourth-order valence-corrected chi connectivity index (χ4v) is 2.59. The minimum absolute atomic E-state index is 0.156. The van der Waals surface area contributed by atoms with Crippen LogP contribution in [-0.2, 0) is 6.18 Å². The fourth-order valence-electron chi connectivity index (χ4n) is 2.59. The SMILES string of the molecule is CCN1CCC(C(N)COc2cccc(C(F)(F)F)c2)C1. The Labute approximate surface area is 122 Å². The molecule has 0 aliphatic carbocycles. The van der Waals surface area contributed by atoms with Gasteiger partial charge in [-0.1, -0.05) is 13.0 Å². The van der Waals surface area contributed by atoms with Crippen molar-refractivity contribution in [1.29, 1.82) is 0 Å². The van der Waals surface area contributed by atoms with E-state index >= 15 is 0 Å². The molecule has 1 fully saturated rings. The van der Waals surface area contributed by atoms with Gasteiger partial charge < -0.3 is 15.4 Å². The maximum absolute atomic E-state index is 12.6. The maximum Gasteiger partial charge on any atom is 0.416 e.